The highest BCUT2D eigenvalue weighted by Gasteiger charge is 2.44. The summed E-state index contributed by atoms with van der Waals surface area (Å²) in [7, 11) is 0. The molecule has 0 radical (unpaired) electrons. The molecule has 17 heavy (non-hydrogen) atoms. The average molecular weight is 228 g/mol. The van der Waals surface area contributed by atoms with Crippen molar-refractivity contribution >= 4 is 0 Å². The minimum Gasteiger partial charge on any atom is -0.339 e. The van der Waals surface area contributed by atoms with Gasteiger partial charge in [0.25, 0.3) is 0 Å². The number of benzene rings is 1. The maximum atomic E-state index is 5.26. The van der Waals surface area contributed by atoms with Gasteiger partial charge in [0.05, 0.1) is 5.41 Å². The molecule has 0 aliphatic heterocycles. The maximum Gasteiger partial charge on any atom is 0.226 e. The van der Waals surface area contributed by atoms with E-state index in [0.717, 1.165) is 31.0 Å². The maximum absolute atomic E-state index is 5.26. The van der Waals surface area contributed by atoms with Crippen LogP contribution in [0.2, 0.25) is 0 Å². The van der Waals surface area contributed by atoms with Gasteiger partial charge in [-0.2, -0.15) is 4.98 Å². The molecule has 1 aliphatic carbocycles. The third kappa shape index (κ3) is 1.57. The summed E-state index contributed by atoms with van der Waals surface area (Å²) in [6.07, 6.45) is 4.29. The first-order valence-electron chi connectivity index (χ1n) is 6.24. The first-order valence-corrected chi connectivity index (χ1v) is 6.24. The fourth-order valence-corrected chi connectivity index (χ4v) is 2.52. The van der Waals surface area contributed by atoms with Crippen LogP contribution in [0.5, 0.6) is 0 Å². The molecule has 3 heteroatoms. The number of aryl methyl sites for hydroxylation is 1. The minimum atomic E-state index is 0.0121. The summed E-state index contributed by atoms with van der Waals surface area (Å²) in [4.78, 5) is 4.52. The highest BCUT2D eigenvalue weighted by Crippen LogP contribution is 2.47. The Labute approximate surface area is 101 Å². The molecule has 1 aromatic heterocycles. The van der Waals surface area contributed by atoms with Crippen LogP contribution in [-0.2, 0) is 11.8 Å². The molecule has 1 saturated carbocycles. The van der Waals surface area contributed by atoms with Crippen molar-refractivity contribution in [1.29, 1.82) is 0 Å². The second-order valence-corrected chi connectivity index (χ2v) is 4.67. The van der Waals surface area contributed by atoms with Gasteiger partial charge in [-0.25, -0.2) is 0 Å². The third-order valence-electron chi connectivity index (χ3n) is 3.73. The van der Waals surface area contributed by atoms with Gasteiger partial charge in [0.15, 0.2) is 5.82 Å². The topological polar surface area (TPSA) is 38.9 Å². The highest BCUT2D eigenvalue weighted by atomic mass is 16.5. The van der Waals surface area contributed by atoms with Crippen LogP contribution < -0.4 is 0 Å². The van der Waals surface area contributed by atoms with E-state index >= 15 is 0 Å². The summed E-state index contributed by atoms with van der Waals surface area (Å²) in [6, 6.07) is 10.5. The van der Waals surface area contributed by atoms with Crippen LogP contribution in [-0.4, -0.2) is 10.1 Å². The SMILES string of the molecule is CCc1nc(C2(c3ccccc3)CCC2)no1. The summed E-state index contributed by atoms with van der Waals surface area (Å²) in [6.45, 7) is 2.03. The average Bonchev–Trinajstić information content (AvgIpc) is 2.78. The van der Waals surface area contributed by atoms with E-state index in [-0.39, 0.29) is 5.41 Å². The van der Waals surface area contributed by atoms with E-state index in [9.17, 15) is 0 Å². The van der Waals surface area contributed by atoms with Gasteiger partial charge in [-0.1, -0.05) is 48.8 Å². The van der Waals surface area contributed by atoms with E-state index in [1.807, 2.05) is 13.0 Å². The van der Waals surface area contributed by atoms with Gasteiger partial charge < -0.3 is 4.52 Å². The molecule has 1 aliphatic rings. The van der Waals surface area contributed by atoms with E-state index < -0.39 is 0 Å². The monoisotopic (exact) mass is 228 g/mol. The van der Waals surface area contributed by atoms with Crippen LogP contribution in [0.1, 0.15) is 43.5 Å². The number of nitrogens with zero attached hydrogens (tertiary/aromatic N) is 2. The summed E-state index contributed by atoms with van der Waals surface area (Å²) in [5.41, 5.74) is 1.33. The van der Waals surface area contributed by atoms with Crippen molar-refractivity contribution in [3.05, 3.63) is 47.6 Å². The normalized spacial score (nSPS) is 17.7. The van der Waals surface area contributed by atoms with Crippen molar-refractivity contribution < 1.29 is 4.52 Å². The molecule has 0 unspecified atom stereocenters. The highest BCUT2D eigenvalue weighted by molar-refractivity contribution is 5.35. The molecule has 3 rings (SSSR count). The lowest BCUT2D eigenvalue weighted by atomic mass is 9.64. The smallest absolute Gasteiger partial charge is 0.226 e. The van der Waals surface area contributed by atoms with E-state index in [1.54, 1.807) is 0 Å². The minimum absolute atomic E-state index is 0.0121. The van der Waals surface area contributed by atoms with Crippen LogP contribution in [0.25, 0.3) is 0 Å². The molecular weight excluding hydrogens is 212 g/mol. The predicted molar refractivity (Wildman–Crippen MR) is 64.7 cm³/mol. The lowest BCUT2D eigenvalue weighted by Crippen LogP contribution is -2.36. The van der Waals surface area contributed by atoms with Crippen molar-refractivity contribution in [1.82, 2.24) is 10.1 Å². The molecule has 0 spiro atoms. The van der Waals surface area contributed by atoms with Gasteiger partial charge in [0.2, 0.25) is 5.89 Å². The quantitative estimate of drug-likeness (QED) is 0.810. The molecule has 1 aromatic carbocycles. The zero-order valence-corrected chi connectivity index (χ0v) is 10.0. The standard InChI is InChI=1S/C14H16N2O/c1-2-12-15-13(16-17-12)14(9-6-10-14)11-7-4-3-5-8-11/h3-5,7-8H,2,6,9-10H2,1H3. The van der Waals surface area contributed by atoms with E-state index in [0.29, 0.717) is 0 Å². The van der Waals surface area contributed by atoms with Gasteiger partial charge in [-0.3, -0.25) is 0 Å². The van der Waals surface area contributed by atoms with Gasteiger partial charge >= 0.3 is 0 Å². The molecule has 0 bridgehead atoms. The molecule has 3 nitrogen and oxygen atoms in total. The largest absolute Gasteiger partial charge is 0.339 e. The Morgan fingerprint density at radius 3 is 2.53 bits per heavy atom. The molecule has 0 atom stereocenters. The molecule has 0 saturated heterocycles. The van der Waals surface area contributed by atoms with Crippen molar-refractivity contribution in [2.75, 3.05) is 0 Å². The molecule has 0 N–H and O–H groups in total. The fourth-order valence-electron chi connectivity index (χ4n) is 2.52. The molecule has 0 amide bonds. The number of aromatic nitrogens is 2. The molecule has 1 fully saturated rings. The van der Waals surface area contributed by atoms with Crippen molar-refractivity contribution in [3.8, 4) is 0 Å². The second kappa shape index (κ2) is 3.99. The van der Waals surface area contributed by atoms with E-state index in [1.165, 1.54) is 12.0 Å². The Balaban J connectivity index is 2.02. The van der Waals surface area contributed by atoms with Crippen LogP contribution in [0.3, 0.4) is 0 Å². The van der Waals surface area contributed by atoms with E-state index in [2.05, 4.69) is 34.4 Å². The van der Waals surface area contributed by atoms with Crippen LogP contribution in [0.15, 0.2) is 34.9 Å². The second-order valence-electron chi connectivity index (χ2n) is 4.67. The fraction of sp³-hybridized carbons (Fsp3) is 0.429. The first kappa shape index (κ1) is 10.5. The summed E-state index contributed by atoms with van der Waals surface area (Å²) < 4.78 is 5.26. The van der Waals surface area contributed by atoms with Gasteiger partial charge in [0.1, 0.15) is 0 Å². The predicted octanol–water partition coefficient (Wildman–Crippen LogP) is 3.10. The van der Waals surface area contributed by atoms with Crippen LogP contribution in [0, 0.1) is 0 Å². The summed E-state index contributed by atoms with van der Waals surface area (Å²) in [5, 5.41) is 4.17. The Morgan fingerprint density at radius 2 is 2.00 bits per heavy atom. The third-order valence-corrected chi connectivity index (χ3v) is 3.73. The van der Waals surface area contributed by atoms with Crippen molar-refractivity contribution in [2.45, 2.75) is 38.0 Å². The van der Waals surface area contributed by atoms with E-state index in [4.69, 9.17) is 4.52 Å². The summed E-state index contributed by atoms with van der Waals surface area (Å²) in [5.74, 6) is 1.61. The summed E-state index contributed by atoms with van der Waals surface area (Å²) >= 11 is 0. The lowest BCUT2D eigenvalue weighted by Gasteiger charge is -2.39. The van der Waals surface area contributed by atoms with Crippen molar-refractivity contribution in [2.24, 2.45) is 0 Å². The van der Waals surface area contributed by atoms with Crippen LogP contribution in [0.4, 0.5) is 0 Å². The van der Waals surface area contributed by atoms with Crippen molar-refractivity contribution in [3.63, 3.8) is 0 Å². The zero-order valence-electron chi connectivity index (χ0n) is 10.0. The molecular formula is C14H16N2O. The zero-order chi connectivity index (χ0) is 11.7. The molecule has 88 valence electrons. The van der Waals surface area contributed by atoms with Gasteiger partial charge in [-0.15, -0.1) is 0 Å². The van der Waals surface area contributed by atoms with Gasteiger partial charge in [0, 0.05) is 6.42 Å². The molecule has 2 aromatic rings. The Bertz CT molecular complexity index is 500. The molecule has 1 heterocycles. The first-order chi connectivity index (χ1) is 8.35. The van der Waals surface area contributed by atoms with Gasteiger partial charge in [-0.05, 0) is 18.4 Å². The number of hydrogen-bond acceptors (Lipinski definition) is 3. The Morgan fingerprint density at radius 1 is 1.24 bits per heavy atom. The van der Waals surface area contributed by atoms with Crippen LogP contribution >= 0.6 is 0 Å². The number of hydrogen-bond donors (Lipinski definition) is 0. The Hall–Kier alpha value is -1.64. The lowest BCUT2D eigenvalue weighted by molar-refractivity contribution is 0.271. The number of rotatable bonds is 3. The Kier molecular flexibility index (Phi) is 2.46.